The van der Waals surface area contributed by atoms with Gasteiger partial charge in [-0.25, -0.2) is 4.98 Å². The van der Waals surface area contributed by atoms with Crippen LogP contribution < -0.4 is 0 Å². The fourth-order valence-corrected chi connectivity index (χ4v) is 3.92. The van der Waals surface area contributed by atoms with Crippen molar-refractivity contribution in [1.82, 2.24) is 9.88 Å². The predicted octanol–water partition coefficient (Wildman–Crippen LogP) is 4.77. The second-order valence-corrected chi connectivity index (χ2v) is 7.84. The number of hydrogen-bond donors (Lipinski definition) is 0. The predicted molar refractivity (Wildman–Crippen MR) is 113 cm³/mol. The van der Waals surface area contributed by atoms with Crippen LogP contribution in [0.1, 0.15) is 35.3 Å². The van der Waals surface area contributed by atoms with Gasteiger partial charge in [-0.15, -0.1) is 0 Å². The van der Waals surface area contributed by atoms with Crippen LogP contribution in [0.4, 0.5) is 0 Å². The van der Waals surface area contributed by atoms with Crippen molar-refractivity contribution in [3.63, 3.8) is 0 Å². The van der Waals surface area contributed by atoms with Gasteiger partial charge < -0.3 is 9.64 Å². The van der Waals surface area contributed by atoms with E-state index in [0.717, 1.165) is 22.2 Å². The molecule has 0 unspecified atom stereocenters. The van der Waals surface area contributed by atoms with Crippen LogP contribution in [0.15, 0.2) is 48.5 Å². The van der Waals surface area contributed by atoms with Crippen LogP contribution in [0.2, 0.25) is 0 Å². The maximum absolute atomic E-state index is 13.5. The quantitative estimate of drug-likeness (QED) is 0.649. The highest BCUT2D eigenvalue weighted by Crippen LogP contribution is 2.28. The lowest BCUT2D eigenvalue weighted by molar-refractivity contribution is -0.0585. The Kier molecular flexibility index (Phi) is 4.90. The molecule has 2 aromatic carbocycles. The van der Waals surface area contributed by atoms with Gasteiger partial charge in [0.25, 0.3) is 5.91 Å². The number of para-hydroxylation sites is 1. The molecule has 0 N–H and O–H groups in total. The molecule has 144 valence electrons. The molecule has 4 rings (SSSR count). The third-order valence-electron chi connectivity index (χ3n) is 5.46. The highest BCUT2D eigenvalue weighted by atomic mass is 16.5. The lowest BCUT2D eigenvalue weighted by Crippen LogP contribution is -2.48. The van der Waals surface area contributed by atoms with Gasteiger partial charge in [-0.05, 0) is 57.0 Å². The molecule has 2 atom stereocenters. The van der Waals surface area contributed by atoms with Crippen LogP contribution in [-0.4, -0.2) is 41.1 Å². The van der Waals surface area contributed by atoms with Crippen LogP contribution in [0.25, 0.3) is 22.2 Å². The number of nitrogens with zero attached hydrogens (tertiary/aromatic N) is 2. The topological polar surface area (TPSA) is 42.4 Å². The molecule has 0 radical (unpaired) electrons. The van der Waals surface area contributed by atoms with Crippen molar-refractivity contribution in [3.8, 4) is 11.3 Å². The minimum absolute atomic E-state index is 0.0417. The van der Waals surface area contributed by atoms with Crippen LogP contribution in [0.3, 0.4) is 0 Å². The summed E-state index contributed by atoms with van der Waals surface area (Å²) in [6.07, 6.45) is 0.0834. The molecule has 2 heterocycles. The van der Waals surface area contributed by atoms with Gasteiger partial charge in [-0.1, -0.05) is 30.3 Å². The van der Waals surface area contributed by atoms with Gasteiger partial charge in [0.15, 0.2) is 0 Å². The number of benzene rings is 2. The Morgan fingerprint density at radius 2 is 1.71 bits per heavy atom. The normalized spacial score (nSPS) is 19.8. The second-order valence-electron chi connectivity index (χ2n) is 7.84. The third-order valence-corrected chi connectivity index (χ3v) is 5.46. The van der Waals surface area contributed by atoms with Crippen molar-refractivity contribution in [2.75, 3.05) is 13.1 Å². The van der Waals surface area contributed by atoms with Crippen LogP contribution in [-0.2, 0) is 4.74 Å². The summed E-state index contributed by atoms with van der Waals surface area (Å²) in [6.45, 7) is 9.45. The molecule has 3 aromatic rings. The zero-order valence-electron chi connectivity index (χ0n) is 16.9. The monoisotopic (exact) mass is 374 g/mol. The van der Waals surface area contributed by atoms with E-state index in [9.17, 15) is 4.79 Å². The molecule has 4 nitrogen and oxygen atoms in total. The maximum atomic E-state index is 13.5. The first kappa shape index (κ1) is 18.6. The first-order valence-electron chi connectivity index (χ1n) is 9.84. The Hall–Kier alpha value is -2.72. The highest BCUT2D eigenvalue weighted by molar-refractivity contribution is 6.07. The van der Waals surface area contributed by atoms with E-state index in [0.29, 0.717) is 18.7 Å². The summed E-state index contributed by atoms with van der Waals surface area (Å²) in [5.41, 5.74) is 5.88. The van der Waals surface area contributed by atoms with E-state index in [1.165, 1.54) is 11.1 Å². The number of fused-ring (bicyclic) bond motifs is 1. The zero-order chi connectivity index (χ0) is 19.8. The highest BCUT2D eigenvalue weighted by Gasteiger charge is 2.28. The standard InChI is InChI=1S/C24H26N2O2/c1-15-9-10-19(11-16(15)2)23-12-21(20-7-5-6-8-22(20)25-23)24(27)26-13-17(3)28-18(4)14-26/h5-12,17-18H,13-14H2,1-4H3/t17-,18+. The Bertz CT molecular complexity index is 1030. The van der Waals surface area contributed by atoms with Crippen molar-refractivity contribution >= 4 is 16.8 Å². The minimum atomic E-state index is 0.0417. The Morgan fingerprint density at radius 1 is 1.00 bits per heavy atom. The molecule has 4 heteroatoms. The van der Waals surface area contributed by atoms with Gasteiger partial charge >= 0.3 is 0 Å². The van der Waals surface area contributed by atoms with Crippen molar-refractivity contribution < 1.29 is 9.53 Å². The molecule has 0 spiro atoms. The van der Waals surface area contributed by atoms with E-state index < -0.39 is 0 Å². The molecule has 0 saturated carbocycles. The van der Waals surface area contributed by atoms with Crippen LogP contribution in [0.5, 0.6) is 0 Å². The summed E-state index contributed by atoms with van der Waals surface area (Å²) in [6, 6.07) is 16.1. The minimum Gasteiger partial charge on any atom is -0.372 e. The van der Waals surface area contributed by atoms with Crippen LogP contribution >= 0.6 is 0 Å². The molecule has 1 aromatic heterocycles. The van der Waals surface area contributed by atoms with Crippen LogP contribution in [0, 0.1) is 13.8 Å². The first-order chi connectivity index (χ1) is 13.4. The smallest absolute Gasteiger partial charge is 0.254 e. The summed E-state index contributed by atoms with van der Waals surface area (Å²) in [5.74, 6) is 0.0469. The number of carbonyl (C=O) groups excluding carboxylic acids is 1. The number of morpholine rings is 1. The molecule has 1 aliphatic rings. The Balaban J connectivity index is 1.82. The number of ether oxygens (including phenoxy) is 1. The fourth-order valence-electron chi connectivity index (χ4n) is 3.92. The molecule has 1 aliphatic heterocycles. The number of aromatic nitrogens is 1. The lowest BCUT2D eigenvalue weighted by atomic mass is 10.00. The summed E-state index contributed by atoms with van der Waals surface area (Å²) in [4.78, 5) is 20.2. The molecule has 0 bridgehead atoms. The van der Waals surface area contributed by atoms with Crippen molar-refractivity contribution in [2.45, 2.75) is 39.9 Å². The SMILES string of the molecule is Cc1ccc(-c2cc(C(=O)N3C[C@@H](C)O[C@@H](C)C3)c3ccccc3n2)cc1C. The van der Waals surface area contributed by atoms with Gasteiger partial charge in [0, 0.05) is 24.0 Å². The van der Waals surface area contributed by atoms with Crippen molar-refractivity contribution in [1.29, 1.82) is 0 Å². The molecular formula is C24H26N2O2. The van der Waals surface area contributed by atoms with Crippen molar-refractivity contribution in [2.24, 2.45) is 0 Å². The molecular weight excluding hydrogens is 348 g/mol. The summed E-state index contributed by atoms with van der Waals surface area (Å²) in [7, 11) is 0. The number of aryl methyl sites for hydroxylation is 2. The van der Waals surface area contributed by atoms with E-state index in [2.05, 4.69) is 32.0 Å². The second kappa shape index (κ2) is 7.36. The van der Waals surface area contributed by atoms with Crippen molar-refractivity contribution in [3.05, 3.63) is 65.2 Å². The number of carbonyl (C=O) groups is 1. The molecule has 1 saturated heterocycles. The Labute approximate surface area is 166 Å². The van der Waals surface area contributed by atoms with Gasteiger partial charge in [0.05, 0.1) is 29.0 Å². The fraction of sp³-hybridized carbons (Fsp3) is 0.333. The average Bonchev–Trinajstić information content (AvgIpc) is 2.68. The van der Waals surface area contributed by atoms with E-state index in [1.54, 1.807) is 0 Å². The van der Waals surface area contributed by atoms with Gasteiger partial charge in [-0.3, -0.25) is 4.79 Å². The van der Waals surface area contributed by atoms with E-state index in [-0.39, 0.29) is 18.1 Å². The maximum Gasteiger partial charge on any atom is 0.254 e. The first-order valence-corrected chi connectivity index (χ1v) is 9.84. The third kappa shape index (κ3) is 3.52. The molecule has 1 fully saturated rings. The average molecular weight is 374 g/mol. The van der Waals surface area contributed by atoms with Gasteiger partial charge in [0.2, 0.25) is 0 Å². The van der Waals surface area contributed by atoms with Gasteiger partial charge in [-0.2, -0.15) is 0 Å². The molecule has 28 heavy (non-hydrogen) atoms. The molecule has 0 aliphatic carbocycles. The lowest BCUT2D eigenvalue weighted by Gasteiger charge is -2.35. The number of amides is 1. The number of hydrogen-bond acceptors (Lipinski definition) is 3. The van der Waals surface area contributed by atoms with E-state index in [1.807, 2.05) is 49.1 Å². The van der Waals surface area contributed by atoms with Gasteiger partial charge in [0.1, 0.15) is 0 Å². The summed E-state index contributed by atoms with van der Waals surface area (Å²) in [5, 5.41) is 0.895. The summed E-state index contributed by atoms with van der Waals surface area (Å²) >= 11 is 0. The van der Waals surface area contributed by atoms with E-state index >= 15 is 0 Å². The number of pyridine rings is 1. The summed E-state index contributed by atoms with van der Waals surface area (Å²) < 4.78 is 5.80. The molecule has 1 amide bonds. The van der Waals surface area contributed by atoms with E-state index in [4.69, 9.17) is 9.72 Å². The largest absolute Gasteiger partial charge is 0.372 e. The Morgan fingerprint density at radius 3 is 2.43 bits per heavy atom. The number of rotatable bonds is 2. The zero-order valence-corrected chi connectivity index (χ0v) is 16.9.